The van der Waals surface area contributed by atoms with Gasteiger partial charge in [-0.15, -0.1) is 0 Å². The number of benzene rings is 2. The summed E-state index contributed by atoms with van der Waals surface area (Å²) in [5.74, 6) is -1.28. The first-order chi connectivity index (χ1) is 12.9. The summed E-state index contributed by atoms with van der Waals surface area (Å²) in [6.45, 7) is 0. The highest BCUT2D eigenvalue weighted by molar-refractivity contribution is 6.30. The number of aliphatic carboxylic acids is 1. The van der Waals surface area contributed by atoms with Gasteiger partial charge in [-0.2, -0.15) is 0 Å². The van der Waals surface area contributed by atoms with Gasteiger partial charge < -0.3 is 19.3 Å². The van der Waals surface area contributed by atoms with E-state index in [1.54, 1.807) is 48.5 Å². The molecule has 0 aliphatic carbocycles. The molecule has 0 saturated carbocycles. The molecule has 0 spiro atoms. The average Bonchev–Trinajstić information content (AvgIpc) is 2.99. The minimum Gasteiger partial charge on any atom is -0.493 e. The highest BCUT2D eigenvalue weighted by Crippen LogP contribution is 2.39. The van der Waals surface area contributed by atoms with Crippen LogP contribution in [-0.4, -0.2) is 31.3 Å². The smallest absolute Gasteiger partial charge is 0.351 e. The van der Waals surface area contributed by atoms with Gasteiger partial charge in [0.2, 0.25) is 0 Å². The number of carboxylic acid groups (broad SMARTS) is 1. The summed E-state index contributed by atoms with van der Waals surface area (Å²) in [6.07, 6.45) is 1.58. The number of carboxylic acids is 1. The number of esters is 1. The van der Waals surface area contributed by atoms with Gasteiger partial charge in [0.05, 0.1) is 14.2 Å². The Morgan fingerprint density at radius 1 is 1.07 bits per heavy atom. The number of halogens is 1. The number of carbonyl (C=O) groups is 2. The third kappa shape index (κ3) is 3.66. The Hall–Kier alpha value is -3.25. The predicted octanol–water partition coefficient (Wildman–Crippen LogP) is 3.79. The molecule has 1 aliphatic rings. The van der Waals surface area contributed by atoms with Crippen molar-refractivity contribution in [2.45, 2.75) is 0 Å². The van der Waals surface area contributed by atoms with E-state index < -0.39 is 17.5 Å². The second-order valence-corrected chi connectivity index (χ2v) is 6.01. The van der Waals surface area contributed by atoms with Crippen molar-refractivity contribution in [1.29, 1.82) is 0 Å². The number of rotatable bonds is 5. The van der Waals surface area contributed by atoms with Gasteiger partial charge >= 0.3 is 11.9 Å². The fourth-order valence-corrected chi connectivity index (χ4v) is 2.84. The van der Waals surface area contributed by atoms with Crippen molar-refractivity contribution in [2.24, 2.45) is 0 Å². The van der Waals surface area contributed by atoms with E-state index in [2.05, 4.69) is 0 Å². The summed E-state index contributed by atoms with van der Waals surface area (Å²) >= 11 is 5.88. The molecule has 138 valence electrons. The van der Waals surface area contributed by atoms with Crippen LogP contribution in [0.3, 0.4) is 0 Å². The lowest BCUT2D eigenvalue weighted by atomic mass is 9.98. The van der Waals surface area contributed by atoms with Crippen molar-refractivity contribution in [1.82, 2.24) is 0 Å². The minimum atomic E-state index is -1.37. The number of cyclic esters (lactones) is 1. The molecule has 2 aromatic carbocycles. The van der Waals surface area contributed by atoms with Gasteiger partial charge in [-0.05, 0) is 41.5 Å². The van der Waals surface area contributed by atoms with Crippen LogP contribution >= 0.6 is 11.6 Å². The van der Waals surface area contributed by atoms with Crippen LogP contribution in [0.15, 0.2) is 53.8 Å². The first-order valence-electron chi connectivity index (χ1n) is 7.84. The monoisotopic (exact) mass is 386 g/mol. The van der Waals surface area contributed by atoms with Gasteiger partial charge in [0, 0.05) is 10.6 Å². The van der Waals surface area contributed by atoms with E-state index in [0.29, 0.717) is 27.6 Å². The van der Waals surface area contributed by atoms with Gasteiger partial charge in [-0.25, -0.2) is 9.59 Å². The number of hydrogen-bond acceptors (Lipinski definition) is 5. The lowest BCUT2D eigenvalue weighted by Gasteiger charge is -2.11. The van der Waals surface area contributed by atoms with Crippen LogP contribution in [0, 0.1) is 0 Å². The summed E-state index contributed by atoms with van der Waals surface area (Å²) in [7, 11) is 2.96. The van der Waals surface area contributed by atoms with Crippen LogP contribution < -0.4 is 9.47 Å². The zero-order valence-electron chi connectivity index (χ0n) is 14.5. The van der Waals surface area contributed by atoms with E-state index in [1.807, 2.05) is 0 Å². The Labute approximate surface area is 160 Å². The SMILES string of the molecule is COc1ccc(C2=C(C(=O)O)C(=O)OC2=Cc2ccc(Cl)cc2)cc1OC. The molecule has 0 fully saturated rings. The Balaban J connectivity index is 2.18. The van der Waals surface area contributed by atoms with Crippen molar-refractivity contribution >= 4 is 35.2 Å². The maximum Gasteiger partial charge on any atom is 0.351 e. The molecule has 6 nitrogen and oxygen atoms in total. The summed E-state index contributed by atoms with van der Waals surface area (Å²) in [4.78, 5) is 23.8. The van der Waals surface area contributed by atoms with Gasteiger partial charge in [-0.1, -0.05) is 29.8 Å². The van der Waals surface area contributed by atoms with Gasteiger partial charge in [-0.3, -0.25) is 0 Å². The topological polar surface area (TPSA) is 82.1 Å². The van der Waals surface area contributed by atoms with Crippen molar-refractivity contribution in [3.05, 3.63) is 69.9 Å². The van der Waals surface area contributed by atoms with E-state index in [4.69, 9.17) is 25.8 Å². The number of carbonyl (C=O) groups excluding carboxylic acids is 1. The lowest BCUT2D eigenvalue weighted by molar-refractivity contribution is -0.139. The Morgan fingerprint density at radius 3 is 2.33 bits per heavy atom. The van der Waals surface area contributed by atoms with Crippen LogP contribution in [0.1, 0.15) is 11.1 Å². The third-order valence-corrected chi connectivity index (χ3v) is 4.21. The highest BCUT2D eigenvalue weighted by atomic mass is 35.5. The molecular weight excluding hydrogens is 372 g/mol. The largest absolute Gasteiger partial charge is 0.493 e. The highest BCUT2D eigenvalue weighted by Gasteiger charge is 2.36. The van der Waals surface area contributed by atoms with E-state index in [9.17, 15) is 14.7 Å². The normalized spacial score (nSPS) is 15.1. The third-order valence-electron chi connectivity index (χ3n) is 3.96. The van der Waals surface area contributed by atoms with E-state index in [0.717, 1.165) is 0 Å². The molecule has 0 aromatic heterocycles. The molecule has 3 rings (SSSR count). The molecule has 2 aromatic rings. The molecule has 1 aliphatic heterocycles. The second kappa shape index (κ2) is 7.55. The van der Waals surface area contributed by atoms with Crippen molar-refractivity contribution in [3.8, 4) is 11.5 Å². The van der Waals surface area contributed by atoms with Gasteiger partial charge in [0.1, 0.15) is 5.76 Å². The maximum atomic E-state index is 12.2. The maximum absolute atomic E-state index is 12.2. The molecule has 0 saturated heterocycles. The van der Waals surface area contributed by atoms with Gasteiger partial charge in [0.25, 0.3) is 0 Å². The first-order valence-corrected chi connectivity index (χ1v) is 8.22. The number of ether oxygens (including phenoxy) is 3. The zero-order valence-corrected chi connectivity index (χ0v) is 15.2. The Kier molecular flexibility index (Phi) is 5.19. The fourth-order valence-electron chi connectivity index (χ4n) is 2.71. The molecule has 7 heteroatoms. The molecule has 0 bridgehead atoms. The van der Waals surface area contributed by atoms with Crippen LogP contribution in [0.25, 0.3) is 11.6 Å². The summed E-state index contributed by atoms with van der Waals surface area (Å²) < 4.78 is 15.7. The van der Waals surface area contributed by atoms with Crippen molar-refractivity contribution < 1.29 is 28.9 Å². The van der Waals surface area contributed by atoms with Crippen molar-refractivity contribution in [2.75, 3.05) is 14.2 Å². The van der Waals surface area contributed by atoms with E-state index in [-0.39, 0.29) is 11.3 Å². The molecule has 0 atom stereocenters. The van der Waals surface area contributed by atoms with E-state index in [1.165, 1.54) is 14.2 Å². The fraction of sp³-hybridized carbons (Fsp3) is 0.100. The summed E-state index contributed by atoms with van der Waals surface area (Å²) in [6, 6.07) is 11.7. The number of methoxy groups -OCH3 is 2. The molecular formula is C20H15ClO6. The first kappa shape index (κ1) is 18.5. The quantitative estimate of drug-likeness (QED) is 0.621. The van der Waals surface area contributed by atoms with Gasteiger partial charge in [0.15, 0.2) is 17.1 Å². The number of hydrogen-bond donors (Lipinski definition) is 1. The molecule has 0 radical (unpaired) electrons. The van der Waals surface area contributed by atoms with Crippen LogP contribution in [-0.2, 0) is 14.3 Å². The van der Waals surface area contributed by atoms with Crippen molar-refractivity contribution in [3.63, 3.8) is 0 Å². The van der Waals surface area contributed by atoms with Crippen LogP contribution in [0.4, 0.5) is 0 Å². The number of allylic oxidation sites excluding steroid dienone is 1. The standard InChI is InChI=1S/C20H15ClO6/c1-25-14-8-5-12(10-15(14)26-2)17-16(27-20(24)18(17)19(22)23)9-11-3-6-13(21)7-4-11/h3-10H,1-2H3,(H,22,23). The summed E-state index contributed by atoms with van der Waals surface area (Å²) in [5, 5.41) is 10.1. The lowest BCUT2D eigenvalue weighted by Crippen LogP contribution is -2.09. The Morgan fingerprint density at radius 2 is 1.74 bits per heavy atom. The Bertz CT molecular complexity index is 972. The molecule has 1 heterocycles. The predicted molar refractivity (Wildman–Crippen MR) is 99.6 cm³/mol. The second-order valence-electron chi connectivity index (χ2n) is 5.57. The van der Waals surface area contributed by atoms with E-state index >= 15 is 0 Å². The molecule has 0 amide bonds. The molecule has 0 unspecified atom stereocenters. The van der Waals surface area contributed by atoms with Crippen LogP contribution in [0.5, 0.6) is 11.5 Å². The zero-order chi connectivity index (χ0) is 19.6. The van der Waals surface area contributed by atoms with Crippen LogP contribution in [0.2, 0.25) is 5.02 Å². The molecule has 1 N–H and O–H groups in total. The summed E-state index contributed by atoms with van der Waals surface area (Å²) in [5.41, 5.74) is 0.883. The minimum absolute atomic E-state index is 0.131. The average molecular weight is 387 g/mol. The molecule has 27 heavy (non-hydrogen) atoms.